The molecule has 0 radical (unpaired) electrons. The lowest BCUT2D eigenvalue weighted by Crippen LogP contribution is -2.62. The van der Waals surface area contributed by atoms with Crippen molar-refractivity contribution < 1.29 is 14.6 Å². The number of aryl methyl sites for hydroxylation is 1. The van der Waals surface area contributed by atoms with E-state index in [9.17, 15) is 9.90 Å². The number of aromatic nitrogens is 3. The Hall–Kier alpha value is -1.15. The third-order valence-corrected chi connectivity index (χ3v) is 3.05. The van der Waals surface area contributed by atoms with Gasteiger partial charge in [-0.2, -0.15) is 0 Å². The molecule has 1 aromatic rings. The third kappa shape index (κ3) is 2.89. The summed E-state index contributed by atoms with van der Waals surface area (Å²) in [6.07, 6.45) is -0.432. The number of amides is 1. The van der Waals surface area contributed by atoms with Crippen molar-refractivity contribution in [3.63, 3.8) is 0 Å². The van der Waals surface area contributed by atoms with E-state index in [1.54, 1.807) is 27.8 Å². The van der Waals surface area contributed by atoms with Crippen LogP contribution in [0.5, 0.6) is 0 Å². The van der Waals surface area contributed by atoms with E-state index in [1.807, 2.05) is 0 Å². The molecule has 106 valence electrons. The van der Waals surface area contributed by atoms with Crippen LogP contribution < -0.4 is 0 Å². The Labute approximate surface area is 119 Å². The molecule has 8 heteroatoms. The van der Waals surface area contributed by atoms with Crippen molar-refractivity contribution in [2.45, 2.75) is 32.0 Å². The van der Waals surface area contributed by atoms with Gasteiger partial charge in [0.1, 0.15) is 5.60 Å². The molecular formula is C11H17BrN4O3. The van der Waals surface area contributed by atoms with Gasteiger partial charge < -0.3 is 14.7 Å². The van der Waals surface area contributed by atoms with E-state index in [0.29, 0.717) is 10.6 Å². The number of likely N-dealkylation sites (tertiary alicyclic amines) is 1. The standard InChI is InChI=1S/C11H17BrN4O3/c1-10(2,3)19-9(17)16-5-11(18,6-16)7-13-8(12)14-15(7)4/h18H,5-6H2,1-4H3. The highest BCUT2D eigenvalue weighted by Gasteiger charge is 2.49. The third-order valence-electron chi connectivity index (χ3n) is 2.71. The molecule has 7 nitrogen and oxygen atoms in total. The fourth-order valence-corrected chi connectivity index (χ4v) is 2.35. The first-order valence-electron chi connectivity index (χ1n) is 5.88. The van der Waals surface area contributed by atoms with Crippen LogP contribution in [0, 0.1) is 0 Å². The first kappa shape index (κ1) is 14.3. The largest absolute Gasteiger partial charge is 0.444 e. The number of ether oxygens (including phenoxy) is 1. The Morgan fingerprint density at radius 3 is 2.47 bits per heavy atom. The lowest BCUT2D eigenvalue weighted by molar-refractivity contribution is -0.110. The lowest BCUT2D eigenvalue weighted by atomic mass is 9.94. The van der Waals surface area contributed by atoms with Crippen LogP contribution in [0.15, 0.2) is 4.73 Å². The molecule has 0 spiro atoms. The number of aliphatic hydroxyl groups is 1. The molecule has 1 aromatic heterocycles. The van der Waals surface area contributed by atoms with Gasteiger partial charge in [0, 0.05) is 7.05 Å². The van der Waals surface area contributed by atoms with Crippen LogP contribution >= 0.6 is 15.9 Å². The zero-order valence-corrected chi connectivity index (χ0v) is 12.9. The maximum Gasteiger partial charge on any atom is 0.410 e. The van der Waals surface area contributed by atoms with Crippen molar-refractivity contribution in [2.24, 2.45) is 7.05 Å². The molecule has 1 amide bonds. The average Bonchev–Trinajstić information content (AvgIpc) is 2.50. The zero-order chi connectivity index (χ0) is 14.4. The van der Waals surface area contributed by atoms with E-state index in [-0.39, 0.29) is 13.1 Å². The number of hydrogen-bond acceptors (Lipinski definition) is 5. The molecule has 1 fully saturated rings. The van der Waals surface area contributed by atoms with Crippen LogP contribution in [0.4, 0.5) is 4.79 Å². The minimum Gasteiger partial charge on any atom is -0.444 e. The van der Waals surface area contributed by atoms with Crippen molar-refractivity contribution in [1.29, 1.82) is 0 Å². The summed E-state index contributed by atoms with van der Waals surface area (Å²) in [5.74, 6) is 0.430. The Morgan fingerprint density at radius 2 is 2.05 bits per heavy atom. The minimum atomic E-state index is -1.16. The smallest absolute Gasteiger partial charge is 0.410 e. The Bertz CT molecular complexity index is 503. The van der Waals surface area contributed by atoms with Gasteiger partial charge in [-0.15, -0.1) is 5.10 Å². The second-order valence-electron chi connectivity index (χ2n) is 5.70. The highest BCUT2D eigenvalue weighted by atomic mass is 79.9. The average molecular weight is 333 g/mol. The molecule has 1 N–H and O–H groups in total. The van der Waals surface area contributed by atoms with E-state index in [0.717, 1.165) is 0 Å². The molecule has 2 rings (SSSR count). The number of nitrogens with zero attached hydrogens (tertiary/aromatic N) is 4. The highest BCUT2D eigenvalue weighted by Crippen LogP contribution is 2.32. The summed E-state index contributed by atoms with van der Waals surface area (Å²) in [6, 6.07) is 0. The van der Waals surface area contributed by atoms with Crippen molar-refractivity contribution in [2.75, 3.05) is 13.1 Å². The van der Waals surface area contributed by atoms with Crippen LogP contribution in [-0.4, -0.2) is 49.6 Å². The van der Waals surface area contributed by atoms with Gasteiger partial charge >= 0.3 is 6.09 Å². The Balaban J connectivity index is 2.02. The Morgan fingerprint density at radius 1 is 1.47 bits per heavy atom. The van der Waals surface area contributed by atoms with Gasteiger partial charge in [0.15, 0.2) is 11.4 Å². The quantitative estimate of drug-likeness (QED) is 0.830. The fourth-order valence-electron chi connectivity index (χ4n) is 1.94. The number of halogens is 1. The minimum absolute atomic E-state index is 0.154. The van der Waals surface area contributed by atoms with E-state index in [2.05, 4.69) is 26.0 Å². The summed E-state index contributed by atoms with van der Waals surface area (Å²) >= 11 is 3.15. The zero-order valence-electron chi connectivity index (χ0n) is 11.3. The van der Waals surface area contributed by atoms with Crippen LogP contribution in [0.2, 0.25) is 0 Å². The summed E-state index contributed by atoms with van der Waals surface area (Å²) in [7, 11) is 1.70. The molecule has 1 aliphatic rings. The van der Waals surface area contributed by atoms with E-state index < -0.39 is 17.3 Å². The first-order chi connectivity index (χ1) is 8.61. The van der Waals surface area contributed by atoms with Gasteiger partial charge in [0.05, 0.1) is 13.1 Å². The number of β-amino-alcohol motifs (C(OH)–C–C–N with tert-alkyl or cyclic N) is 1. The summed E-state index contributed by atoms with van der Waals surface area (Å²) in [5.41, 5.74) is -1.71. The second-order valence-corrected chi connectivity index (χ2v) is 6.41. The molecule has 0 unspecified atom stereocenters. The highest BCUT2D eigenvalue weighted by molar-refractivity contribution is 9.10. The summed E-state index contributed by atoms with van der Waals surface area (Å²) in [6.45, 7) is 5.71. The maximum atomic E-state index is 11.8. The van der Waals surface area contributed by atoms with Gasteiger partial charge in [-0.3, -0.25) is 0 Å². The summed E-state index contributed by atoms with van der Waals surface area (Å²) < 4.78 is 7.14. The van der Waals surface area contributed by atoms with Crippen LogP contribution in [0.1, 0.15) is 26.6 Å². The number of hydrogen-bond donors (Lipinski definition) is 1. The van der Waals surface area contributed by atoms with Gasteiger partial charge in [-0.05, 0) is 36.7 Å². The van der Waals surface area contributed by atoms with Crippen LogP contribution in [0.25, 0.3) is 0 Å². The molecule has 19 heavy (non-hydrogen) atoms. The van der Waals surface area contributed by atoms with Gasteiger partial charge in [0.25, 0.3) is 0 Å². The van der Waals surface area contributed by atoms with Crippen LogP contribution in [-0.2, 0) is 17.4 Å². The number of carbonyl (C=O) groups excluding carboxylic acids is 1. The molecule has 0 aliphatic carbocycles. The number of carbonyl (C=O) groups is 1. The molecule has 0 atom stereocenters. The topological polar surface area (TPSA) is 80.5 Å². The predicted octanol–water partition coefficient (Wildman–Crippen LogP) is 1.02. The van der Waals surface area contributed by atoms with Crippen molar-refractivity contribution in [3.8, 4) is 0 Å². The van der Waals surface area contributed by atoms with E-state index >= 15 is 0 Å². The maximum absolute atomic E-state index is 11.8. The normalized spacial score (nSPS) is 18.1. The van der Waals surface area contributed by atoms with Crippen LogP contribution in [0.3, 0.4) is 0 Å². The SMILES string of the molecule is Cn1nc(Br)nc1C1(O)CN(C(=O)OC(C)(C)C)C1. The van der Waals surface area contributed by atoms with E-state index in [1.165, 1.54) is 9.58 Å². The molecule has 2 heterocycles. The van der Waals surface area contributed by atoms with Gasteiger partial charge in [0.2, 0.25) is 4.73 Å². The van der Waals surface area contributed by atoms with Gasteiger partial charge in [-0.1, -0.05) is 0 Å². The summed E-state index contributed by atoms with van der Waals surface area (Å²) in [4.78, 5) is 17.3. The molecule has 1 saturated heterocycles. The molecule has 1 aliphatic heterocycles. The number of rotatable bonds is 1. The van der Waals surface area contributed by atoms with Crippen molar-refractivity contribution >= 4 is 22.0 Å². The molecule has 0 bridgehead atoms. The lowest BCUT2D eigenvalue weighted by Gasteiger charge is -2.45. The summed E-state index contributed by atoms with van der Waals surface area (Å²) in [5, 5.41) is 14.4. The Kier molecular flexibility index (Phi) is 3.34. The molecular weight excluding hydrogens is 316 g/mol. The molecule has 0 saturated carbocycles. The van der Waals surface area contributed by atoms with E-state index in [4.69, 9.17) is 4.74 Å². The fraction of sp³-hybridized carbons (Fsp3) is 0.727. The first-order valence-corrected chi connectivity index (χ1v) is 6.67. The second kappa shape index (κ2) is 4.45. The predicted molar refractivity (Wildman–Crippen MR) is 70.4 cm³/mol. The molecule has 0 aromatic carbocycles. The van der Waals surface area contributed by atoms with Crippen molar-refractivity contribution in [1.82, 2.24) is 19.7 Å². The van der Waals surface area contributed by atoms with Gasteiger partial charge in [-0.25, -0.2) is 14.5 Å². The van der Waals surface area contributed by atoms with Crippen molar-refractivity contribution in [3.05, 3.63) is 10.6 Å². The monoisotopic (exact) mass is 332 g/mol.